The zero-order chi connectivity index (χ0) is 18.4. The number of halogens is 1. The Labute approximate surface area is 150 Å². The second-order valence-electron chi connectivity index (χ2n) is 5.90. The molecule has 0 spiro atoms. The van der Waals surface area contributed by atoms with Gasteiger partial charge in [0.15, 0.2) is 5.65 Å². The van der Waals surface area contributed by atoms with E-state index in [1.165, 1.54) is 40.3 Å². The van der Waals surface area contributed by atoms with Crippen molar-refractivity contribution < 1.29 is 9.18 Å². The molecule has 3 aromatic heterocycles. The van der Waals surface area contributed by atoms with Crippen molar-refractivity contribution in [1.82, 2.24) is 19.2 Å². The van der Waals surface area contributed by atoms with E-state index >= 15 is 0 Å². The molecule has 132 valence electrons. The van der Waals surface area contributed by atoms with Crippen LogP contribution in [0.1, 0.15) is 10.4 Å². The Kier molecular flexibility index (Phi) is 3.80. The molecule has 0 saturated carbocycles. The lowest BCUT2D eigenvalue weighted by Gasteiger charge is -2.04. The molecule has 3 heterocycles. The summed E-state index contributed by atoms with van der Waals surface area (Å²) >= 11 is 1.54. The smallest absolute Gasteiger partial charge is 0.324 e. The van der Waals surface area contributed by atoms with Gasteiger partial charge in [0.1, 0.15) is 23.5 Å². The topological polar surface area (TPSA) is 81.3 Å². The number of carbonyl (C=O) groups excluding carboxylic acids is 1. The molecule has 4 rings (SSSR count). The third-order valence-corrected chi connectivity index (χ3v) is 5.27. The van der Waals surface area contributed by atoms with Crippen LogP contribution >= 0.6 is 11.3 Å². The van der Waals surface area contributed by atoms with E-state index in [0.717, 1.165) is 25.3 Å². The Bertz CT molecular complexity index is 1220. The van der Waals surface area contributed by atoms with Crippen molar-refractivity contribution in [3.63, 3.8) is 0 Å². The molecule has 1 aromatic carbocycles. The summed E-state index contributed by atoms with van der Waals surface area (Å²) in [5.41, 5.74) is 1.36. The highest BCUT2D eigenvalue weighted by molar-refractivity contribution is 7.18. The van der Waals surface area contributed by atoms with Crippen LogP contribution in [0.3, 0.4) is 0 Å². The number of hydrogen-bond donors (Lipinski definition) is 1. The van der Waals surface area contributed by atoms with E-state index in [4.69, 9.17) is 0 Å². The van der Waals surface area contributed by atoms with Crippen LogP contribution in [-0.4, -0.2) is 25.1 Å². The fourth-order valence-electron chi connectivity index (χ4n) is 2.77. The highest BCUT2D eigenvalue weighted by Gasteiger charge is 2.17. The van der Waals surface area contributed by atoms with Gasteiger partial charge >= 0.3 is 5.69 Å². The van der Waals surface area contributed by atoms with E-state index in [1.807, 2.05) is 13.8 Å². The molecule has 4 aromatic rings. The molecule has 7 nitrogen and oxygen atoms in total. The molecule has 26 heavy (non-hydrogen) atoms. The molecule has 0 aliphatic heterocycles. The van der Waals surface area contributed by atoms with Gasteiger partial charge in [-0.2, -0.15) is 0 Å². The number of hydrogen-bond acceptors (Lipinski definition) is 5. The monoisotopic (exact) mass is 371 g/mol. The maximum atomic E-state index is 13.2. The molecule has 0 atom stereocenters. The predicted octanol–water partition coefficient (Wildman–Crippen LogP) is 2.50. The number of amides is 1. The van der Waals surface area contributed by atoms with Crippen molar-refractivity contribution in [3.8, 4) is 0 Å². The first-order chi connectivity index (χ1) is 12.4. The average molecular weight is 371 g/mol. The van der Waals surface area contributed by atoms with Gasteiger partial charge in [0.25, 0.3) is 0 Å². The first-order valence-corrected chi connectivity index (χ1v) is 8.65. The number of carbonyl (C=O) groups is 1. The summed E-state index contributed by atoms with van der Waals surface area (Å²) in [6, 6.07) is 5.55. The van der Waals surface area contributed by atoms with Gasteiger partial charge in [-0.1, -0.05) is 6.07 Å². The van der Waals surface area contributed by atoms with Crippen LogP contribution in [0.5, 0.6) is 0 Å². The van der Waals surface area contributed by atoms with Crippen molar-refractivity contribution in [2.75, 3.05) is 5.32 Å². The Morgan fingerprint density at radius 2 is 2.15 bits per heavy atom. The third-order valence-electron chi connectivity index (χ3n) is 4.15. The Morgan fingerprint density at radius 1 is 1.35 bits per heavy atom. The van der Waals surface area contributed by atoms with E-state index in [-0.39, 0.29) is 6.54 Å². The van der Waals surface area contributed by atoms with Crippen molar-refractivity contribution in [2.24, 2.45) is 0 Å². The zero-order valence-electron chi connectivity index (χ0n) is 14.0. The van der Waals surface area contributed by atoms with Crippen LogP contribution in [0.2, 0.25) is 0 Å². The lowest BCUT2D eigenvalue weighted by atomic mass is 10.2. The minimum absolute atomic E-state index is 0.277. The second kappa shape index (κ2) is 6.03. The van der Waals surface area contributed by atoms with Gasteiger partial charge in [0.2, 0.25) is 5.91 Å². The molecule has 0 aliphatic rings. The van der Waals surface area contributed by atoms with Gasteiger partial charge in [-0.05, 0) is 37.6 Å². The van der Waals surface area contributed by atoms with Gasteiger partial charge in [0.05, 0.1) is 5.39 Å². The second-order valence-corrected chi connectivity index (χ2v) is 7.10. The number of thiophene rings is 1. The van der Waals surface area contributed by atoms with Crippen molar-refractivity contribution in [2.45, 2.75) is 20.4 Å². The van der Waals surface area contributed by atoms with Gasteiger partial charge < -0.3 is 5.32 Å². The van der Waals surface area contributed by atoms with E-state index in [0.29, 0.717) is 11.3 Å². The Hall–Kier alpha value is -3.07. The number of anilines is 1. The summed E-state index contributed by atoms with van der Waals surface area (Å²) in [5.74, 6) is -0.923. The fraction of sp³-hybridized carbons (Fsp3) is 0.176. The molecule has 0 unspecified atom stereocenters. The number of aryl methyl sites for hydroxylation is 2. The van der Waals surface area contributed by atoms with Crippen LogP contribution in [0.25, 0.3) is 15.9 Å². The van der Waals surface area contributed by atoms with Crippen LogP contribution < -0.4 is 11.0 Å². The minimum atomic E-state index is -0.469. The summed E-state index contributed by atoms with van der Waals surface area (Å²) in [7, 11) is 0. The fourth-order valence-corrected chi connectivity index (χ4v) is 3.77. The van der Waals surface area contributed by atoms with Gasteiger partial charge in [-0.15, -0.1) is 16.4 Å². The Balaban J connectivity index is 1.70. The summed E-state index contributed by atoms with van der Waals surface area (Å²) in [6.45, 7) is 3.66. The standard InChI is InChI=1S/C17H14FN5O2S/c1-9-10(2)26-16-14(9)15-21-23(17(25)22(15)8-19-16)7-13(24)20-12-5-3-4-11(18)6-12/h3-6,8H,7H2,1-2H3,(H,20,24). The number of benzene rings is 1. The molecule has 0 saturated heterocycles. The van der Waals surface area contributed by atoms with E-state index in [1.54, 1.807) is 6.07 Å². The Morgan fingerprint density at radius 3 is 2.92 bits per heavy atom. The molecule has 0 fully saturated rings. The van der Waals surface area contributed by atoms with Crippen LogP contribution in [0.4, 0.5) is 10.1 Å². The lowest BCUT2D eigenvalue weighted by Crippen LogP contribution is -2.28. The number of nitrogens with zero attached hydrogens (tertiary/aromatic N) is 4. The molecule has 0 bridgehead atoms. The normalized spacial score (nSPS) is 11.3. The van der Waals surface area contributed by atoms with E-state index in [9.17, 15) is 14.0 Å². The summed E-state index contributed by atoms with van der Waals surface area (Å²) in [4.78, 5) is 30.9. The van der Waals surface area contributed by atoms with Crippen LogP contribution in [-0.2, 0) is 11.3 Å². The van der Waals surface area contributed by atoms with E-state index in [2.05, 4.69) is 15.4 Å². The minimum Gasteiger partial charge on any atom is -0.324 e. The highest BCUT2D eigenvalue weighted by Crippen LogP contribution is 2.30. The first-order valence-electron chi connectivity index (χ1n) is 7.83. The number of aromatic nitrogens is 4. The molecule has 9 heteroatoms. The molecule has 0 radical (unpaired) electrons. The highest BCUT2D eigenvalue weighted by atomic mass is 32.1. The van der Waals surface area contributed by atoms with Crippen molar-refractivity contribution in [1.29, 1.82) is 0 Å². The van der Waals surface area contributed by atoms with Gasteiger partial charge in [-0.25, -0.2) is 23.3 Å². The SMILES string of the molecule is Cc1sc2ncn3c(=O)n(CC(=O)Nc4cccc(F)c4)nc3c2c1C. The quantitative estimate of drug-likeness (QED) is 0.600. The molecule has 0 aliphatic carbocycles. The predicted molar refractivity (Wildman–Crippen MR) is 97.1 cm³/mol. The van der Waals surface area contributed by atoms with Gasteiger partial charge in [-0.3, -0.25) is 4.79 Å². The lowest BCUT2D eigenvalue weighted by molar-refractivity contribution is -0.117. The van der Waals surface area contributed by atoms with Gasteiger partial charge in [0, 0.05) is 10.6 Å². The van der Waals surface area contributed by atoms with Crippen LogP contribution in [0.15, 0.2) is 35.4 Å². The maximum Gasteiger partial charge on any atom is 0.352 e. The molecule has 1 amide bonds. The third kappa shape index (κ3) is 2.66. The molecular weight excluding hydrogens is 357 g/mol. The van der Waals surface area contributed by atoms with Crippen LogP contribution in [0, 0.1) is 19.7 Å². The van der Waals surface area contributed by atoms with E-state index < -0.39 is 17.4 Å². The summed E-state index contributed by atoms with van der Waals surface area (Å²) < 4.78 is 15.6. The maximum absolute atomic E-state index is 13.2. The molecular formula is C17H14FN5O2S. The number of fused-ring (bicyclic) bond motifs is 3. The molecule has 1 N–H and O–H groups in total. The summed E-state index contributed by atoms with van der Waals surface area (Å²) in [5, 5.41) is 7.68. The van der Waals surface area contributed by atoms with Crippen molar-refractivity contribution in [3.05, 3.63) is 57.3 Å². The van der Waals surface area contributed by atoms with Crippen molar-refractivity contribution >= 4 is 38.8 Å². The zero-order valence-corrected chi connectivity index (χ0v) is 14.8. The number of rotatable bonds is 3. The number of nitrogens with one attached hydrogen (secondary N) is 1. The average Bonchev–Trinajstić information content (AvgIpc) is 3.05. The largest absolute Gasteiger partial charge is 0.352 e. The first kappa shape index (κ1) is 16.4. The summed E-state index contributed by atoms with van der Waals surface area (Å²) in [6.07, 6.45) is 1.42.